The number of aliphatic carboxylic acids is 1. The molecular formula is C15H20BrN3O3SZn. The molecular weight excluding hydrogens is 448 g/mol. The van der Waals surface area contributed by atoms with Gasteiger partial charge in [-0.3, -0.25) is 4.99 Å². The van der Waals surface area contributed by atoms with Crippen molar-refractivity contribution in [2.45, 2.75) is 13.3 Å². The molecule has 1 N–H and O–H groups in total. The summed E-state index contributed by atoms with van der Waals surface area (Å²) < 4.78 is 0.592. The molecule has 128 valence electrons. The summed E-state index contributed by atoms with van der Waals surface area (Å²) in [6.45, 7) is 2.84. The summed E-state index contributed by atoms with van der Waals surface area (Å²) in [5.74, 6) is -1.08. The van der Waals surface area contributed by atoms with Crippen LogP contribution in [0.25, 0.3) is 5.41 Å². The topological polar surface area (TPSA) is 102 Å². The van der Waals surface area contributed by atoms with Crippen molar-refractivity contribution in [2.24, 2.45) is 4.99 Å². The van der Waals surface area contributed by atoms with Gasteiger partial charge in [0.2, 0.25) is 0 Å². The molecule has 0 aromatic heterocycles. The summed E-state index contributed by atoms with van der Waals surface area (Å²) in [6, 6.07) is 5.37. The van der Waals surface area contributed by atoms with Crippen LogP contribution >= 0.6 is 28.1 Å². The van der Waals surface area contributed by atoms with Gasteiger partial charge in [-0.15, -0.1) is 0 Å². The third-order valence-electron chi connectivity index (χ3n) is 2.19. The molecule has 1 aromatic rings. The number of aliphatic imine (C=N–C) groups is 1. The molecule has 0 aliphatic heterocycles. The van der Waals surface area contributed by atoms with E-state index in [2.05, 4.69) is 47.2 Å². The van der Waals surface area contributed by atoms with Crippen molar-refractivity contribution in [1.82, 2.24) is 0 Å². The second-order valence-corrected chi connectivity index (χ2v) is 5.62. The number of thiocarbonyl (C=S) groups is 1. The minimum absolute atomic E-state index is 0. The van der Waals surface area contributed by atoms with Gasteiger partial charge in [0, 0.05) is 29.6 Å². The minimum atomic E-state index is -1.08. The maximum atomic E-state index is 11.6. The molecule has 0 heterocycles. The van der Waals surface area contributed by atoms with Gasteiger partial charge in [-0.1, -0.05) is 46.0 Å². The Morgan fingerprint density at radius 2 is 2.00 bits per heavy atom. The van der Waals surface area contributed by atoms with Crippen LogP contribution in [0.2, 0.25) is 0 Å². The van der Waals surface area contributed by atoms with Gasteiger partial charge in [0.1, 0.15) is 0 Å². The van der Waals surface area contributed by atoms with E-state index in [0.29, 0.717) is 10.0 Å². The molecule has 9 heteroatoms. The molecule has 0 radical (unpaired) electrons. The van der Waals surface area contributed by atoms with E-state index in [9.17, 15) is 5.11 Å². The SMILES string of the molecule is CC(=O)[O-].C[NH+](C)CCCN=Cc1cccc(Br)c1[O-].[N-]=C=S.[Zn+2]. The average molecular weight is 468 g/mol. The standard InChI is InChI=1S/C12H17BrN2O.C2H4O2.CNS.Zn/c1-15(2)8-4-7-14-9-10-5-3-6-11(13)12(10)16;1-2(3)4;2-1-3;/h3,5-6,9,16H,4,7-8H2,1-2H3;1H3,(H,3,4);;/q;;-1;+2/p-1. The Labute approximate surface area is 169 Å². The largest absolute Gasteiger partial charge is 2.00 e. The van der Waals surface area contributed by atoms with Gasteiger partial charge < -0.3 is 25.3 Å². The number of nitrogens with zero attached hydrogens (tertiary/aromatic N) is 2. The number of halogens is 1. The van der Waals surface area contributed by atoms with Crippen LogP contribution in [0.15, 0.2) is 27.7 Å². The Kier molecular flexibility index (Phi) is 21.3. The molecule has 0 fully saturated rings. The van der Waals surface area contributed by atoms with Crippen LogP contribution in [-0.4, -0.2) is 44.5 Å². The molecule has 24 heavy (non-hydrogen) atoms. The van der Waals surface area contributed by atoms with E-state index in [0.717, 1.165) is 26.4 Å². The number of isothiocyanates is 1. The Morgan fingerprint density at radius 1 is 1.50 bits per heavy atom. The molecule has 0 atom stereocenters. The van der Waals surface area contributed by atoms with E-state index in [1.165, 1.54) is 10.1 Å². The number of carbonyl (C=O) groups is 1. The molecule has 0 saturated heterocycles. The summed E-state index contributed by atoms with van der Waals surface area (Å²) in [4.78, 5) is 14.6. The zero-order valence-electron chi connectivity index (χ0n) is 14.0. The number of carbonyl (C=O) groups excluding carboxylic acids is 1. The molecule has 1 aromatic carbocycles. The number of para-hydroxylation sites is 1. The van der Waals surface area contributed by atoms with Gasteiger partial charge in [0.15, 0.2) is 0 Å². The summed E-state index contributed by atoms with van der Waals surface area (Å²) in [5.41, 5.74) is 0.645. The fourth-order valence-electron chi connectivity index (χ4n) is 1.31. The van der Waals surface area contributed by atoms with Gasteiger partial charge >= 0.3 is 19.5 Å². The van der Waals surface area contributed by atoms with Crippen LogP contribution in [0.3, 0.4) is 0 Å². The first-order valence-corrected chi connectivity index (χ1v) is 7.89. The number of hydrogen-bond acceptors (Lipinski definition) is 5. The Morgan fingerprint density at radius 3 is 2.46 bits per heavy atom. The van der Waals surface area contributed by atoms with E-state index >= 15 is 0 Å². The summed E-state index contributed by atoms with van der Waals surface area (Å²) in [7, 11) is 4.24. The number of hydrogen-bond donors (Lipinski definition) is 1. The van der Waals surface area contributed by atoms with Crippen molar-refractivity contribution in [3.8, 4) is 5.75 Å². The molecule has 1 rings (SSSR count). The summed E-state index contributed by atoms with van der Waals surface area (Å²) >= 11 is 6.91. The quantitative estimate of drug-likeness (QED) is 0.282. The predicted molar refractivity (Wildman–Crippen MR) is 95.0 cm³/mol. The van der Waals surface area contributed by atoms with Crippen LogP contribution in [0.5, 0.6) is 5.75 Å². The summed E-state index contributed by atoms with van der Waals surface area (Å²) in [6.07, 6.45) is 2.71. The zero-order valence-corrected chi connectivity index (χ0v) is 19.4. The normalized spacial score (nSPS) is 9.04. The summed E-state index contributed by atoms with van der Waals surface area (Å²) in [5, 5.41) is 29.0. The maximum Gasteiger partial charge on any atom is 2.00 e. The first-order chi connectivity index (χ1) is 10.8. The third-order valence-corrected chi connectivity index (χ3v) is 2.82. The predicted octanol–water partition coefficient (Wildman–Crippen LogP) is -0.111. The van der Waals surface area contributed by atoms with Crippen molar-refractivity contribution >= 4 is 45.5 Å². The van der Waals surface area contributed by atoms with Crippen molar-refractivity contribution in [3.05, 3.63) is 33.6 Å². The Hall–Kier alpha value is -0.977. The molecule has 0 spiro atoms. The number of nitrogens with one attached hydrogen (secondary N) is 1. The fourth-order valence-corrected chi connectivity index (χ4v) is 1.70. The maximum absolute atomic E-state index is 11.6. The fraction of sp³-hybridized carbons (Fsp3) is 0.400. The first-order valence-electron chi connectivity index (χ1n) is 6.69. The zero-order chi connectivity index (χ0) is 18.3. The molecule has 0 saturated carbocycles. The second-order valence-electron chi connectivity index (χ2n) is 4.59. The van der Waals surface area contributed by atoms with Crippen LogP contribution in [0, 0.1) is 0 Å². The number of carboxylic acid groups (broad SMARTS) is 1. The van der Waals surface area contributed by atoms with Gasteiger partial charge in [0.25, 0.3) is 0 Å². The van der Waals surface area contributed by atoms with Crippen LogP contribution in [0.4, 0.5) is 0 Å². The van der Waals surface area contributed by atoms with Gasteiger partial charge in [0.05, 0.1) is 20.6 Å². The van der Waals surface area contributed by atoms with Crippen molar-refractivity contribution in [2.75, 3.05) is 27.2 Å². The van der Waals surface area contributed by atoms with Crippen LogP contribution in [0.1, 0.15) is 18.9 Å². The van der Waals surface area contributed by atoms with Gasteiger partial charge in [-0.05, 0) is 18.6 Å². The molecule has 0 bridgehead atoms. The number of rotatable bonds is 5. The third kappa shape index (κ3) is 19.1. The van der Waals surface area contributed by atoms with Gasteiger partial charge in [-0.2, -0.15) is 5.16 Å². The second kappa shape index (κ2) is 18.4. The number of quaternary nitrogens is 1. The Balaban J connectivity index is -0.000000471. The van der Waals surface area contributed by atoms with E-state index < -0.39 is 5.97 Å². The number of carboxylic acids is 1. The van der Waals surface area contributed by atoms with Gasteiger partial charge in [-0.25, -0.2) is 0 Å². The first kappa shape index (κ1) is 27.9. The van der Waals surface area contributed by atoms with Crippen LogP contribution in [-0.2, 0) is 24.3 Å². The monoisotopic (exact) mass is 465 g/mol. The van der Waals surface area contributed by atoms with E-state index in [1.54, 1.807) is 18.3 Å². The molecule has 0 amide bonds. The van der Waals surface area contributed by atoms with E-state index in [-0.39, 0.29) is 25.2 Å². The minimum Gasteiger partial charge on any atom is -0.871 e. The van der Waals surface area contributed by atoms with E-state index in [1.807, 2.05) is 6.07 Å². The van der Waals surface area contributed by atoms with Crippen molar-refractivity contribution in [1.29, 1.82) is 0 Å². The number of benzene rings is 1. The smallest absolute Gasteiger partial charge is 0.871 e. The molecule has 6 nitrogen and oxygen atoms in total. The molecule has 0 aliphatic carbocycles. The van der Waals surface area contributed by atoms with Crippen molar-refractivity contribution in [3.63, 3.8) is 0 Å². The molecule has 0 aliphatic rings. The Bertz CT molecular complexity index is 533. The van der Waals surface area contributed by atoms with Crippen LogP contribution < -0.4 is 15.1 Å². The average Bonchev–Trinajstić information content (AvgIpc) is 2.43. The van der Waals surface area contributed by atoms with E-state index in [4.69, 9.17) is 15.3 Å². The molecule has 0 unspecified atom stereocenters. The van der Waals surface area contributed by atoms with Crippen molar-refractivity contribution < 1.29 is 39.4 Å².